The van der Waals surface area contributed by atoms with Gasteiger partial charge in [0.05, 0.1) is 11.7 Å². The lowest BCUT2D eigenvalue weighted by molar-refractivity contribution is -0.137. The number of aliphatic hydroxyl groups excluding tert-OH is 1. The van der Waals surface area contributed by atoms with Crippen LogP contribution < -0.4 is 5.32 Å². The van der Waals surface area contributed by atoms with E-state index in [0.717, 1.165) is 12.1 Å². The molecule has 7 heteroatoms. The SMILES string of the molecule is CNC(=O)CCN1CC(O)CC1c1cccc(C(F)(F)F)c1. The first kappa shape index (κ1) is 16.8. The van der Waals surface area contributed by atoms with Crippen LogP contribution in [0.2, 0.25) is 0 Å². The van der Waals surface area contributed by atoms with Crippen molar-refractivity contribution in [1.82, 2.24) is 10.2 Å². The molecule has 0 bridgehead atoms. The maximum Gasteiger partial charge on any atom is 0.416 e. The number of likely N-dealkylation sites (tertiary alicyclic amines) is 1. The molecule has 1 amide bonds. The number of nitrogens with one attached hydrogen (secondary N) is 1. The zero-order chi connectivity index (χ0) is 16.3. The molecular formula is C15H19F3N2O2. The van der Waals surface area contributed by atoms with Crippen LogP contribution in [0, 0.1) is 0 Å². The van der Waals surface area contributed by atoms with Gasteiger partial charge in [-0.25, -0.2) is 0 Å². The molecule has 1 aromatic rings. The maximum atomic E-state index is 12.8. The molecule has 1 fully saturated rings. The number of carbonyl (C=O) groups is 1. The lowest BCUT2D eigenvalue weighted by Crippen LogP contribution is -2.30. The van der Waals surface area contributed by atoms with E-state index >= 15 is 0 Å². The first-order valence-corrected chi connectivity index (χ1v) is 7.11. The number of rotatable bonds is 4. The van der Waals surface area contributed by atoms with Crippen LogP contribution >= 0.6 is 0 Å². The normalized spacial score (nSPS) is 22.8. The summed E-state index contributed by atoms with van der Waals surface area (Å²) >= 11 is 0. The molecule has 0 saturated carbocycles. The van der Waals surface area contributed by atoms with Gasteiger partial charge in [-0.2, -0.15) is 13.2 Å². The second kappa shape index (κ2) is 6.66. The number of β-amino-alcohol motifs (C(OH)–C–C–N with tert-alkyl or cyclic N) is 1. The molecule has 1 aromatic carbocycles. The Labute approximate surface area is 126 Å². The minimum Gasteiger partial charge on any atom is -0.392 e. The fraction of sp³-hybridized carbons (Fsp3) is 0.533. The lowest BCUT2D eigenvalue weighted by Gasteiger charge is -2.24. The van der Waals surface area contributed by atoms with E-state index in [4.69, 9.17) is 0 Å². The van der Waals surface area contributed by atoms with Gasteiger partial charge in [-0.05, 0) is 24.1 Å². The summed E-state index contributed by atoms with van der Waals surface area (Å²) in [6.07, 6.45) is -4.36. The van der Waals surface area contributed by atoms with Gasteiger partial charge in [-0.3, -0.25) is 9.69 Å². The lowest BCUT2D eigenvalue weighted by atomic mass is 10.0. The Balaban J connectivity index is 2.16. The molecule has 22 heavy (non-hydrogen) atoms. The van der Waals surface area contributed by atoms with Crippen molar-refractivity contribution in [2.75, 3.05) is 20.1 Å². The second-order valence-electron chi connectivity index (χ2n) is 5.45. The summed E-state index contributed by atoms with van der Waals surface area (Å²) in [4.78, 5) is 13.2. The van der Waals surface area contributed by atoms with Gasteiger partial charge in [0.1, 0.15) is 0 Å². The van der Waals surface area contributed by atoms with Crippen LogP contribution in [-0.2, 0) is 11.0 Å². The summed E-state index contributed by atoms with van der Waals surface area (Å²) in [5.41, 5.74) is -0.180. The molecule has 2 rings (SSSR count). The molecule has 0 aromatic heterocycles. The van der Waals surface area contributed by atoms with Gasteiger partial charge in [-0.1, -0.05) is 12.1 Å². The largest absolute Gasteiger partial charge is 0.416 e. The highest BCUT2D eigenvalue weighted by Gasteiger charge is 2.35. The Bertz CT molecular complexity index is 534. The monoisotopic (exact) mass is 316 g/mol. The van der Waals surface area contributed by atoms with Crippen molar-refractivity contribution in [2.45, 2.75) is 31.2 Å². The van der Waals surface area contributed by atoms with E-state index in [-0.39, 0.29) is 18.4 Å². The van der Waals surface area contributed by atoms with E-state index in [0.29, 0.717) is 25.1 Å². The molecule has 0 aliphatic carbocycles. The molecule has 2 atom stereocenters. The second-order valence-corrected chi connectivity index (χ2v) is 5.45. The Morgan fingerprint density at radius 1 is 1.45 bits per heavy atom. The van der Waals surface area contributed by atoms with E-state index in [9.17, 15) is 23.1 Å². The summed E-state index contributed by atoms with van der Waals surface area (Å²) in [6, 6.07) is 4.85. The summed E-state index contributed by atoms with van der Waals surface area (Å²) in [5.74, 6) is -0.135. The van der Waals surface area contributed by atoms with Crippen molar-refractivity contribution in [2.24, 2.45) is 0 Å². The fourth-order valence-corrected chi connectivity index (χ4v) is 2.77. The van der Waals surface area contributed by atoms with Gasteiger partial charge in [0.25, 0.3) is 0 Å². The molecule has 1 aliphatic heterocycles. The average molecular weight is 316 g/mol. The molecule has 122 valence electrons. The van der Waals surface area contributed by atoms with Gasteiger partial charge in [-0.15, -0.1) is 0 Å². The number of aliphatic hydroxyl groups is 1. The highest BCUT2D eigenvalue weighted by atomic mass is 19.4. The number of alkyl halides is 3. The number of carbonyl (C=O) groups excluding carboxylic acids is 1. The van der Waals surface area contributed by atoms with Crippen molar-refractivity contribution >= 4 is 5.91 Å². The smallest absolute Gasteiger partial charge is 0.392 e. The molecule has 4 nitrogen and oxygen atoms in total. The number of halogens is 3. The van der Waals surface area contributed by atoms with Gasteiger partial charge in [0.2, 0.25) is 5.91 Å². The third-order valence-electron chi connectivity index (χ3n) is 3.89. The zero-order valence-electron chi connectivity index (χ0n) is 12.2. The highest BCUT2D eigenvalue weighted by molar-refractivity contribution is 5.75. The van der Waals surface area contributed by atoms with Crippen LogP contribution in [-0.4, -0.2) is 42.2 Å². The molecule has 1 aliphatic rings. The van der Waals surface area contributed by atoms with Gasteiger partial charge in [0.15, 0.2) is 0 Å². The van der Waals surface area contributed by atoms with Gasteiger partial charge >= 0.3 is 6.18 Å². The number of hydrogen-bond acceptors (Lipinski definition) is 3. The Hall–Kier alpha value is -1.60. The quantitative estimate of drug-likeness (QED) is 0.893. The van der Waals surface area contributed by atoms with Crippen LogP contribution in [0.15, 0.2) is 24.3 Å². The molecule has 1 saturated heterocycles. The van der Waals surface area contributed by atoms with Crippen molar-refractivity contribution < 1.29 is 23.1 Å². The highest BCUT2D eigenvalue weighted by Crippen LogP contribution is 2.36. The Kier molecular flexibility index (Phi) is 5.08. The average Bonchev–Trinajstić information content (AvgIpc) is 2.85. The van der Waals surface area contributed by atoms with Gasteiger partial charge in [0, 0.05) is 32.6 Å². The van der Waals surface area contributed by atoms with Crippen molar-refractivity contribution in [3.05, 3.63) is 35.4 Å². The van der Waals surface area contributed by atoms with E-state index < -0.39 is 17.8 Å². The van der Waals surface area contributed by atoms with Crippen LogP contribution in [0.4, 0.5) is 13.2 Å². The van der Waals surface area contributed by atoms with E-state index in [1.165, 1.54) is 13.1 Å². The minimum atomic E-state index is -4.39. The van der Waals surface area contributed by atoms with E-state index in [2.05, 4.69) is 5.32 Å². The van der Waals surface area contributed by atoms with Crippen molar-refractivity contribution in [3.8, 4) is 0 Å². The van der Waals surface area contributed by atoms with Gasteiger partial charge < -0.3 is 10.4 Å². The van der Waals surface area contributed by atoms with Crippen molar-refractivity contribution in [3.63, 3.8) is 0 Å². The molecular weight excluding hydrogens is 297 g/mol. The Morgan fingerprint density at radius 2 is 2.18 bits per heavy atom. The number of amides is 1. The summed E-state index contributed by atoms with van der Waals surface area (Å²) in [5, 5.41) is 12.3. The zero-order valence-corrected chi connectivity index (χ0v) is 12.2. The maximum absolute atomic E-state index is 12.8. The molecule has 1 heterocycles. The predicted molar refractivity (Wildman–Crippen MR) is 75.1 cm³/mol. The summed E-state index contributed by atoms with van der Waals surface area (Å²) in [7, 11) is 1.53. The molecule has 0 spiro atoms. The topological polar surface area (TPSA) is 52.6 Å². The predicted octanol–water partition coefficient (Wildman–Crippen LogP) is 1.95. The number of hydrogen-bond donors (Lipinski definition) is 2. The van der Waals surface area contributed by atoms with Crippen LogP contribution in [0.5, 0.6) is 0 Å². The fourth-order valence-electron chi connectivity index (χ4n) is 2.77. The minimum absolute atomic E-state index is 0.135. The third-order valence-corrected chi connectivity index (χ3v) is 3.89. The molecule has 2 N–H and O–H groups in total. The standard InChI is InChI=1S/C15H19F3N2O2/c1-19-14(22)5-6-20-9-12(21)8-13(20)10-3-2-4-11(7-10)15(16,17)18/h2-4,7,12-13,21H,5-6,8-9H2,1H3,(H,19,22). The van der Waals surface area contributed by atoms with Crippen LogP contribution in [0.25, 0.3) is 0 Å². The number of benzene rings is 1. The third kappa shape index (κ3) is 3.98. The van der Waals surface area contributed by atoms with Crippen molar-refractivity contribution in [1.29, 1.82) is 0 Å². The Morgan fingerprint density at radius 3 is 2.82 bits per heavy atom. The van der Waals surface area contributed by atoms with E-state index in [1.54, 1.807) is 6.07 Å². The summed E-state index contributed by atoms with van der Waals surface area (Å²) in [6.45, 7) is 0.759. The first-order chi connectivity index (χ1) is 10.3. The first-order valence-electron chi connectivity index (χ1n) is 7.11. The summed E-state index contributed by atoms with van der Waals surface area (Å²) < 4.78 is 38.4. The molecule has 2 unspecified atom stereocenters. The molecule has 0 radical (unpaired) electrons. The van der Waals surface area contributed by atoms with Crippen LogP contribution in [0.3, 0.4) is 0 Å². The van der Waals surface area contributed by atoms with Crippen LogP contribution in [0.1, 0.15) is 30.0 Å². The number of nitrogens with zero attached hydrogens (tertiary/aromatic N) is 1. The van der Waals surface area contributed by atoms with E-state index in [1.807, 2.05) is 4.90 Å².